The van der Waals surface area contributed by atoms with Crippen LogP contribution in [0.15, 0.2) is 0 Å². The predicted molar refractivity (Wildman–Crippen MR) is 70.1 cm³/mol. The van der Waals surface area contributed by atoms with Crippen molar-refractivity contribution in [3.8, 4) is 6.07 Å². The van der Waals surface area contributed by atoms with Crippen LogP contribution in [-0.2, 0) is 9.47 Å². The van der Waals surface area contributed by atoms with Crippen molar-refractivity contribution < 1.29 is 9.47 Å². The van der Waals surface area contributed by atoms with E-state index in [2.05, 4.69) is 13.0 Å². The molecule has 0 aromatic heterocycles. The fraction of sp³-hybridized carbons (Fsp3) is 0.933. The molecular formula is C15H25NO2. The first-order chi connectivity index (χ1) is 8.86. The SMILES string of the molecule is CCCCCCOC[C@H]1[C@@H](CC#N)[C@H]2CC[C@@H]1O2. The maximum absolute atomic E-state index is 8.89. The lowest BCUT2D eigenvalue weighted by atomic mass is 9.78. The molecule has 18 heavy (non-hydrogen) atoms. The van der Waals surface area contributed by atoms with Gasteiger partial charge in [-0.15, -0.1) is 0 Å². The van der Waals surface area contributed by atoms with Gasteiger partial charge in [0.1, 0.15) is 0 Å². The van der Waals surface area contributed by atoms with Gasteiger partial charge in [-0.2, -0.15) is 5.26 Å². The molecule has 2 saturated heterocycles. The van der Waals surface area contributed by atoms with Crippen LogP contribution in [0, 0.1) is 23.2 Å². The molecule has 0 N–H and O–H groups in total. The molecule has 2 aliphatic heterocycles. The molecule has 0 radical (unpaired) electrons. The van der Waals surface area contributed by atoms with Crippen molar-refractivity contribution in [3.63, 3.8) is 0 Å². The number of fused-ring (bicyclic) bond motifs is 2. The average Bonchev–Trinajstić information content (AvgIpc) is 2.96. The third kappa shape index (κ3) is 3.24. The van der Waals surface area contributed by atoms with Crippen molar-refractivity contribution in [2.45, 2.75) is 64.1 Å². The number of rotatable bonds is 8. The monoisotopic (exact) mass is 251 g/mol. The van der Waals surface area contributed by atoms with E-state index in [9.17, 15) is 0 Å². The van der Waals surface area contributed by atoms with Crippen LogP contribution < -0.4 is 0 Å². The molecule has 2 aliphatic rings. The fourth-order valence-corrected chi connectivity index (χ4v) is 3.34. The van der Waals surface area contributed by atoms with Crippen molar-refractivity contribution in [2.24, 2.45) is 11.8 Å². The summed E-state index contributed by atoms with van der Waals surface area (Å²) in [6, 6.07) is 2.31. The zero-order valence-corrected chi connectivity index (χ0v) is 11.4. The second kappa shape index (κ2) is 7.11. The van der Waals surface area contributed by atoms with Gasteiger partial charge in [-0.3, -0.25) is 0 Å². The minimum atomic E-state index is 0.336. The molecule has 2 bridgehead atoms. The summed E-state index contributed by atoms with van der Waals surface area (Å²) in [4.78, 5) is 0. The Morgan fingerprint density at radius 3 is 2.67 bits per heavy atom. The van der Waals surface area contributed by atoms with Gasteiger partial charge in [0, 0.05) is 24.9 Å². The third-order valence-corrected chi connectivity index (χ3v) is 4.37. The molecule has 0 aromatic rings. The normalized spacial score (nSPS) is 33.8. The fourth-order valence-electron chi connectivity index (χ4n) is 3.34. The Labute approximate surface area is 110 Å². The van der Waals surface area contributed by atoms with Crippen LogP contribution >= 0.6 is 0 Å². The summed E-state index contributed by atoms with van der Waals surface area (Å²) in [7, 11) is 0. The highest BCUT2D eigenvalue weighted by Crippen LogP contribution is 2.44. The summed E-state index contributed by atoms with van der Waals surface area (Å²) in [5.41, 5.74) is 0. The summed E-state index contributed by atoms with van der Waals surface area (Å²) in [6.45, 7) is 3.88. The molecule has 102 valence electrons. The Bertz CT molecular complexity index is 287. The molecular weight excluding hydrogens is 226 g/mol. The molecule has 0 aromatic carbocycles. The highest BCUT2D eigenvalue weighted by Gasteiger charge is 2.48. The molecule has 3 nitrogen and oxygen atoms in total. The molecule has 0 amide bonds. The number of ether oxygens (including phenoxy) is 2. The van der Waals surface area contributed by atoms with Gasteiger partial charge < -0.3 is 9.47 Å². The van der Waals surface area contributed by atoms with Crippen molar-refractivity contribution in [2.75, 3.05) is 13.2 Å². The second-order valence-corrected chi connectivity index (χ2v) is 5.62. The van der Waals surface area contributed by atoms with E-state index in [-0.39, 0.29) is 0 Å². The minimum absolute atomic E-state index is 0.336. The lowest BCUT2D eigenvalue weighted by Crippen LogP contribution is -2.30. The van der Waals surface area contributed by atoms with E-state index >= 15 is 0 Å². The van der Waals surface area contributed by atoms with Crippen molar-refractivity contribution in [1.82, 2.24) is 0 Å². The number of nitrogens with zero attached hydrogens (tertiary/aromatic N) is 1. The smallest absolute Gasteiger partial charge is 0.0634 e. The van der Waals surface area contributed by atoms with Crippen LogP contribution in [0.4, 0.5) is 0 Å². The van der Waals surface area contributed by atoms with E-state index in [4.69, 9.17) is 14.7 Å². The summed E-state index contributed by atoms with van der Waals surface area (Å²) >= 11 is 0. The molecule has 2 heterocycles. The zero-order valence-electron chi connectivity index (χ0n) is 11.4. The average molecular weight is 251 g/mol. The molecule has 4 atom stereocenters. The van der Waals surface area contributed by atoms with E-state index in [0.717, 1.165) is 26.1 Å². The Morgan fingerprint density at radius 1 is 1.17 bits per heavy atom. The quantitative estimate of drug-likeness (QED) is 0.622. The van der Waals surface area contributed by atoms with Crippen LogP contribution in [0.5, 0.6) is 0 Å². The van der Waals surface area contributed by atoms with Crippen LogP contribution in [0.25, 0.3) is 0 Å². The summed E-state index contributed by atoms with van der Waals surface area (Å²) in [5, 5.41) is 8.89. The van der Waals surface area contributed by atoms with Crippen molar-refractivity contribution in [3.05, 3.63) is 0 Å². The zero-order chi connectivity index (χ0) is 12.8. The lowest BCUT2D eigenvalue weighted by Gasteiger charge is -2.25. The van der Waals surface area contributed by atoms with Gasteiger partial charge in [-0.1, -0.05) is 26.2 Å². The van der Waals surface area contributed by atoms with Crippen molar-refractivity contribution in [1.29, 1.82) is 5.26 Å². The molecule has 2 fully saturated rings. The van der Waals surface area contributed by atoms with Gasteiger partial charge in [0.25, 0.3) is 0 Å². The van der Waals surface area contributed by atoms with Crippen LogP contribution in [-0.4, -0.2) is 25.4 Å². The number of hydrogen-bond donors (Lipinski definition) is 0. The molecule has 0 unspecified atom stereocenters. The van der Waals surface area contributed by atoms with Crippen LogP contribution in [0.2, 0.25) is 0 Å². The lowest BCUT2D eigenvalue weighted by molar-refractivity contribution is 0.0479. The Kier molecular flexibility index (Phi) is 5.46. The van der Waals surface area contributed by atoms with Gasteiger partial charge >= 0.3 is 0 Å². The highest BCUT2D eigenvalue weighted by molar-refractivity contribution is 4.99. The van der Waals surface area contributed by atoms with E-state index in [0.29, 0.717) is 30.5 Å². The number of hydrogen-bond acceptors (Lipinski definition) is 3. The maximum Gasteiger partial charge on any atom is 0.0634 e. The maximum atomic E-state index is 8.89. The first kappa shape index (κ1) is 13.8. The van der Waals surface area contributed by atoms with Crippen LogP contribution in [0.1, 0.15) is 51.9 Å². The first-order valence-electron chi connectivity index (χ1n) is 7.47. The van der Waals surface area contributed by atoms with Gasteiger partial charge in [-0.05, 0) is 19.3 Å². The standard InChI is InChI=1S/C15H25NO2/c1-2-3-4-5-10-17-11-13-12(8-9-16)14-6-7-15(13)18-14/h12-15H,2-8,10-11H2,1H3/t12-,13+,14-,15+/m1/s1. The van der Waals surface area contributed by atoms with Gasteiger partial charge in [-0.25, -0.2) is 0 Å². The summed E-state index contributed by atoms with van der Waals surface area (Å²) in [5.74, 6) is 0.888. The van der Waals surface area contributed by atoms with E-state index in [1.165, 1.54) is 25.7 Å². The Balaban J connectivity index is 1.66. The second-order valence-electron chi connectivity index (χ2n) is 5.62. The Morgan fingerprint density at radius 2 is 1.94 bits per heavy atom. The Hall–Kier alpha value is -0.590. The van der Waals surface area contributed by atoms with E-state index in [1.54, 1.807) is 0 Å². The van der Waals surface area contributed by atoms with Crippen molar-refractivity contribution >= 4 is 0 Å². The predicted octanol–water partition coefficient (Wildman–Crippen LogP) is 3.29. The minimum Gasteiger partial charge on any atom is -0.381 e. The first-order valence-corrected chi connectivity index (χ1v) is 7.47. The number of nitriles is 1. The highest BCUT2D eigenvalue weighted by atomic mass is 16.5. The van der Waals surface area contributed by atoms with Crippen LogP contribution in [0.3, 0.4) is 0 Å². The molecule has 0 spiro atoms. The summed E-state index contributed by atoms with van der Waals surface area (Å²) < 4.78 is 11.7. The van der Waals surface area contributed by atoms with Gasteiger partial charge in [0.2, 0.25) is 0 Å². The molecule has 0 saturated carbocycles. The van der Waals surface area contributed by atoms with E-state index < -0.39 is 0 Å². The molecule has 2 rings (SSSR count). The molecule has 3 heteroatoms. The van der Waals surface area contributed by atoms with Gasteiger partial charge in [0.15, 0.2) is 0 Å². The van der Waals surface area contributed by atoms with E-state index in [1.807, 2.05) is 0 Å². The van der Waals surface area contributed by atoms with Gasteiger partial charge in [0.05, 0.1) is 24.9 Å². The number of unbranched alkanes of at least 4 members (excludes halogenated alkanes) is 3. The third-order valence-electron chi connectivity index (χ3n) is 4.37. The largest absolute Gasteiger partial charge is 0.381 e. The summed E-state index contributed by atoms with van der Waals surface area (Å²) in [6.07, 6.45) is 8.64. The molecule has 0 aliphatic carbocycles. The topological polar surface area (TPSA) is 42.2 Å².